The summed E-state index contributed by atoms with van der Waals surface area (Å²) >= 11 is 0. The Morgan fingerprint density at radius 1 is 0.667 bits per heavy atom. The Morgan fingerprint density at radius 3 is 1.33 bits per heavy atom. The Kier molecular flexibility index (Phi) is 9.45. The van der Waals surface area contributed by atoms with E-state index in [1.165, 1.54) is 0 Å². The third-order valence-corrected chi connectivity index (χ3v) is 8.68. The zero-order valence-corrected chi connectivity index (χ0v) is 20.7. The first-order valence-corrected chi connectivity index (χ1v) is 13.1. The standard InChI is InChI=1S/C25H40N3OP/c1-7-9-19-28(20-10-8-2)21-30(29,24-15-11-22(12-16-24)26(3)4)25-17-13-23(14-18-25)27(5)6/h11-18H,7-10,19-21H2,1-6H3. The van der Waals surface area contributed by atoms with E-state index in [0.29, 0.717) is 6.29 Å². The lowest BCUT2D eigenvalue weighted by Gasteiger charge is -2.29. The number of anilines is 2. The van der Waals surface area contributed by atoms with Gasteiger partial charge in [0, 0.05) is 50.2 Å². The van der Waals surface area contributed by atoms with E-state index in [9.17, 15) is 4.57 Å². The molecule has 2 aromatic carbocycles. The first-order chi connectivity index (χ1) is 14.3. The normalized spacial score (nSPS) is 11.7. The van der Waals surface area contributed by atoms with Crippen molar-refractivity contribution in [3.8, 4) is 0 Å². The van der Waals surface area contributed by atoms with E-state index in [0.717, 1.165) is 60.8 Å². The predicted octanol–water partition coefficient (Wildman–Crippen LogP) is 4.99. The summed E-state index contributed by atoms with van der Waals surface area (Å²) in [6, 6.07) is 16.6. The highest BCUT2D eigenvalue weighted by Gasteiger charge is 2.30. The Bertz CT molecular complexity index is 737. The molecule has 0 fully saturated rings. The predicted molar refractivity (Wildman–Crippen MR) is 135 cm³/mol. The van der Waals surface area contributed by atoms with Gasteiger partial charge in [-0.2, -0.15) is 0 Å². The molecule has 0 saturated carbocycles. The second kappa shape index (κ2) is 11.6. The van der Waals surface area contributed by atoms with Crippen LogP contribution in [0.3, 0.4) is 0 Å². The Balaban J connectivity index is 2.45. The molecule has 5 heteroatoms. The van der Waals surface area contributed by atoms with Crippen molar-refractivity contribution in [3.05, 3.63) is 48.5 Å². The second-order valence-electron chi connectivity index (χ2n) is 8.53. The third-order valence-electron chi connectivity index (χ3n) is 5.62. The minimum Gasteiger partial charge on any atom is -0.378 e. The van der Waals surface area contributed by atoms with Gasteiger partial charge >= 0.3 is 0 Å². The first-order valence-electron chi connectivity index (χ1n) is 11.2. The monoisotopic (exact) mass is 429 g/mol. The SMILES string of the molecule is CCCCN(CCCC)CP(=O)(c1ccc(N(C)C)cc1)c1ccc(N(C)C)cc1. The van der Waals surface area contributed by atoms with Crippen molar-refractivity contribution in [2.45, 2.75) is 39.5 Å². The summed E-state index contributed by atoms with van der Waals surface area (Å²) in [6.07, 6.45) is 5.20. The van der Waals surface area contributed by atoms with Gasteiger partial charge in [0.05, 0.1) is 6.29 Å². The number of rotatable bonds is 12. The van der Waals surface area contributed by atoms with E-state index >= 15 is 0 Å². The van der Waals surface area contributed by atoms with Crippen LogP contribution in [0.1, 0.15) is 39.5 Å². The third kappa shape index (κ3) is 6.36. The fourth-order valence-electron chi connectivity index (χ4n) is 3.59. The minimum absolute atomic E-state index is 0.607. The van der Waals surface area contributed by atoms with Crippen LogP contribution in [0.4, 0.5) is 11.4 Å². The number of hydrogen-bond donors (Lipinski definition) is 0. The van der Waals surface area contributed by atoms with E-state index < -0.39 is 7.14 Å². The maximum Gasteiger partial charge on any atom is 0.156 e. The van der Waals surface area contributed by atoms with E-state index in [2.05, 4.69) is 77.1 Å². The number of benzene rings is 2. The van der Waals surface area contributed by atoms with Crippen LogP contribution in [0.15, 0.2) is 48.5 Å². The van der Waals surface area contributed by atoms with Gasteiger partial charge in [-0.15, -0.1) is 0 Å². The van der Waals surface area contributed by atoms with Gasteiger partial charge in [-0.25, -0.2) is 0 Å². The number of nitrogens with zero attached hydrogens (tertiary/aromatic N) is 3. The van der Waals surface area contributed by atoms with Crippen molar-refractivity contribution in [1.29, 1.82) is 0 Å². The van der Waals surface area contributed by atoms with Crippen molar-refractivity contribution in [1.82, 2.24) is 4.90 Å². The van der Waals surface area contributed by atoms with Gasteiger partial charge < -0.3 is 14.4 Å². The largest absolute Gasteiger partial charge is 0.378 e. The van der Waals surface area contributed by atoms with Gasteiger partial charge in [-0.05, 0) is 74.5 Å². The summed E-state index contributed by atoms with van der Waals surface area (Å²) in [4.78, 5) is 6.58. The summed E-state index contributed by atoms with van der Waals surface area (Å²) < 4.78 is 14.6. The van der Waals surface area contributed by atoms with Crippen molar-refractivity contribution >= 4 is 29.1 Å². The molecule has 0 aliphatic rings. The Labute approximate surface area is 184 Å². The van der Waals surface area contributed by atoms with Crippen molar-refractivity contribution in [2.75, 3.05) is 57.4 Å². The molecule has 0 aromatic heterocycles. The molecular formula is C25H40N3OP. The Hall–Kier alpha value is -1.77. The highest BCUT2D eigenvalue weighted by Crippen LogP contribution is 2.44. The van der Waals surface area contributed by atoms with Crippen molar-refractivity contribution in [2.24, 2.45) is 0 Å². The summed E-state index contributed by atoms with van der Waals surface area (Å²) in [5, 5.41) is 1.90. The molecule has 0 aliphatic heterocycles. The molecule has 0 amide bonds. The molecule has 166 valence electrons. The molecule has 0 bridgehead atoms. The maximum atomic E-state index is 14.6. The highest BCUT2D eigenvalue weighted by molar-refractivity contribution is 7.78. The van der Waals surface area contributed by atoms with Gasteiger partial charge in [-0.1, -0.05) is 26.7 Å². The van der Waals surface area contributed by atoms with Crippen LogP contribution in [0, 0.1) is 0 Å². The first kappa shape index (κ1) is 24.5. The van der Waals surface area contributed by atoms with E-state index in [1.807, 2.05) is 28.2 Å². The number of unbranched alkanes of at least 4 members (excludes halogenated alkanes) is 2. The molecule has 30 heavy (non-hydrogen) atoms. The van der Waals surface area contributed by atoms with Gasteiger partial charge in [0.15, 0.2) is 7.14 Å². The topological polar surface area (TPSA) is 26.8 Å². The van der Waals surface area contributed by atoms with Crippen LogP contribution in [-0.4, -0.2) is 52.5 Å². The minimum atomic E-state index is -2.77. The molecule has 0 unspecified atom stereocenters. The quantitative estimate of drug-likeness (QED) is 0.444. The summed E-state index contributed by atoms with van der Waals surface area (Å²) in [7, 11) is 5.36. The van der Waals surface area contributed by atoms with E-state index in [-0.39, 0.29) is 0 Å². The molecule has 0 radical (unpaired) electrons. The number of hydrogen-bond acceptors (Lipinski definition) is 4. The fourth-order valence-corrected chi connectivity index (χ4v) is 6.33. The summed E-state index contributed by atoms with van der Waals surface area (Å²) in [6.45, 7) is 6.45. The summed E-state index contributed by atoms with van der Waals surface area (Å²) in [5.74, 6) is 0. The van der Waals surface area contributed by atoms with Gasteiger partial charge in [0.2, 0.25) is 0 Å². The molecule has 0 aliphatic carbocycles. The van der Waals surface area contributed by atoms with E-state index in [4.69, 9.17) is 0 Å². The average Bonchev–Trinajstić information content (AvgIpc) is 2.75. The van der Waals surface area contributed by atoms with Crippen LogP contribution in [-0.2, 0) is 4.57 Å². The van der Waals surface area contributed by atoms with Crippen LogP contribution in [0.25, 0.3) is 0 Å². The summed E-state index contributed by atoms with van der Waals surface area (Å²) in [5.41, 5.74) is 2.25. The molecule has 0 saturated heterocycles. The Morgan fingerprint density at radius 2 is 1.03 bits per heavy atom. The van der Waals surface area contributed by atoms with Crippen molar-refractivity contribution in [3.63, 3.8) is 0 Å². The van der Waals surface area contributed by atoms with Crippen LogP contribution >= 0.6 is 7.14 Å². The second-order valence-corrected chi connectivity index (χ2v) is 11.3. The molecule has 0 atom stereocenters. The fraction of sp³-hybridized carbons (Fsp3) is 0.520. The molecule has 0 spiro atoms. The van der Waals surface area contributed by atoms with Gasteiger partial charge in [0.1, 0.15) is 0 Å². The van der Waals surface area contributed by atoms with Crippen LogP contribution in [0.2, 0.25) is 0 Å². The van der Waals surface area contributed by atoms with Gasteiger partial charge in [-0.3, -0.25) is 4.90 Å². The van der Waals surface area contributed by atoms with Crippen molar-refractivity contribution < 1.29 is 4.57 Å². The maximum absolute atomic E-state index is 14.6. The molecule has 2 rings (SSSR count). The van der Waals surface area contributed by atoms with Crippen LogP contribution < -0.4 is 20.4 Å². The zero-order chi connectivity index (χ0) is 22.1. The average molecular weight is 430 g/mol. The highest BCUT2D eigenvalue weighted by atomic mass is 31.2. The lowest BCUT2D eigenvalue weighted by atomic mass is 10.3. The lowest BCUT2D eigenvalue weighted by molar-refractivity contribution is 0.304. The van der Waals surface area contributed by atoms with Crippen LogP contribution in [0.5, 0.6) is 0 Å². The smallest absolute Gasteiger partial charge is 0.156 e. The molecule has 2 aromatic rings. The lowest BCUT2D eigenvalue weighted by Crippen LogP contribution is -2.32. The van der Waals surface area contributed by atoms with Gasteiger partial charge in [0.25, 0.3) is 0 Å². The molecule has 0 N–H and O–H groups in total. The molecule has 4 nitrogen and oxygen atoms in total. The molecule has 0 heterocycles. The molecular weight excluding hydrogens is 389 g/mol. The zero-order valence-electron chi connectivity index (χ0n) is 19.8. The van der Waals surface area contributed by atoms with E-state index in [1.54, 1.807) is 0 Å².